The van der Waals surface area contributed by atoms with E-state index in [0.717, 1.165) is 10.5 Å². The number of benzene rings is 1. The molecule has 0 aromatic heterocycles. The zero-order valence-electron chi connectivity index (χ0n) is 14.5. The molecule has 0 unspecified atom stereocenters. The van der Waals surface area contributed by atoms with Crippen LogP contribution in [0.25, 0.3) is 0 Å². The van der Waals surface area contributed by atoms with Crippen molar-refractivity contribution >= 4 is 33.8 Å². The fourth-order valence-electron chi connectivity index (χ4n) is 1.68. The van der Waals surface area contributed by atoms with Gasteiger partial charge in [-0.05, 0) is 59.2 Å². The van der Waals surface area contributed by atoms with E-state index in [1.165, 1.54) is 0 Å². The summed E-state index contributed by atoms with van der Waals surface area (Å²) in [6, 6.07) is 7.07. The first-order chi connectivity index (χ1) is 10.4. The third-order valence-electron chi connectivity index (χ3n) is 2.48. The van der Waals surface area contributed by atoms with Gasteiger partial charge in [0.05, 0.1) is 5.69 Å². The van der Waals surface area contributed by atoms with Gasteiger partial charge in [0.15, 0.2) is 0 Å². The molecule has 0 radical (unpaired) electrons. The van der Waals surface area contributed by atoms with Crippen molar-refractivity contribution in [2.24, 2.45) is 0 Å². The van der Waals surface area contributed by atoms with E-state index in [9.17, 15) is 9.59 Å². The summed E-state index contributed by atoms with van der Waals surface area (Å²) in [4.78, 5) is 25.9. The first-order valence-electron chi connectivity index (χ1n) is 7.34. The molecule has 0 N–H and O–H groups in total. The van der Waals surface area contributed by atoms with Crippen LogP contribution in [-0.2, 0) is 14.8 Å². The average molecular weight is 386 g/mol. The number of anilines is 1. The SMILES string of the molecule is CC(C)(C)OC(=O)N(C(=O)OC(C)(C)C)c1cccc(CBr)c1. The number of carbonyl (C=O) groups excluding carboxylic acids is 2. The predicted octanol–water partition coefficient (Wildman–Crippen LogP) is 5.26. The third kappa shape index (κ3) is 6.60. The highest BCUT2D eigenvalue weighted by molar-refractivity contribution is 9.08. The summed E-state index contributed by atoms with van der Waals surface area (Å²) in [7, 11) is 0. The molecule has 2 amide bonds. The maximum Gasteiger partial charge on any atom is 0.424 e. The highest BCUT2D eigenvalue weighted by atomic mass is 79.9. The monoisotopic (exact) mass is 385 g/mol. The molecule has 0 atom stereocenters. The van der Waals surface area contributed by atoms with Gasteiger partial charge in [-0.3, -0.25) is 0 Å². The number of alkyl halides is 1. The number of amides is 2. The number of halogens is 1. The van der Waals surface area contributed by atoms with Gasteiger partial charge >= 0.3 is 12.2 Å². The van der Waals surface area contributed by atoms with Crippen LogP contribution in [0.2, 0.25) is 0 Å². The van der Waals surface area contributed by atoms with Crippen LogP contribution < -0.4 is 4.90 Å². The fraction of sp³-hybridized carbons (Fsp3) is 0.529. The van der Waals surface area contributed by atoms with Gasteiger partial charge in [-0.1, -0.05) is 28.1 Å². The van der Waals surface area contributed by atoms with Crippen molar-refractivity contribution in [2.45, 2.75) is 58.1 Å². The minimum Gasteiger partial charge on any atom is -0.443 e. The molecule has 1 rings (SSSR count). The highest BCUT2D eigenvalue weighted by Crippen LogP contribution is 2.23. The van der Waals surface area contributed by atoms with Gasteiger partial charge in [0.25, 0.3) is 0 Å². The first kappa shape index (κ1) is 19.5. The number of ether oxygens (including phenoxy) is 2. The molecule has 23 heavy (non-hydrogen) atoms. The van der Waals surface area contributed by atoms with Crippen molar-refractivity contribution < 1.29 is 19.1 Å². The van der Waals surface area contributed by atoms with Gasteiger partial charge in [0.2, 0.25) is 0 Å². The Balaban J connectivity index is 3.19. The average Bonchev–Trinajstić information content (AvgIpc) is 2.34. The maximum absolute atomic E-state index is 12.5. The molecule has 0 aliphatic rings. The molecule has 0 bridgehead atoms. The van der Waals surface area contributed by atoms with E-state index in [0.29, 0.717) is 11.0 Å². The summed E-state index contributed by atoms with van der Waals surface area (Å²) in [6.45, 7) is 10.5. The fourth-order valence-corrected chi connectivity index (χ4v) is 2.03. The summed E-state index contributed by atoms with van der Waals surface area (Å²) in [5.74, 6) is 0. The summed E-state index contributed by atoms with van der Waals surface area (Å²) < 4.78 is 10.7. The Labute approximate surface area is 146 Å². The molecule has 0 spiro atoms. The van der Waals surface area contributed by atoms with Gasteiger partial charge in [-0.25, -0.2) is 9.59 Å². The molecule has 0 fully saturated rings. The van der Waals surface area contributed by atoms with Crippen LogP contribution in [0.4, 0.5) is 15.3 Å². The highest BCUT2D eigenvalue weighted by Gasteiger charge is 2.32. The molecule has 5 nitrogen and oxygen atoms in total. The summed E-state index contributed by atoms with van der Waals surface area (Å²) in [5, 5.41) is 0.608. The van der Waals surface area contributed by atoms with Crippen molar-refractivity contribution in [3.8, 4) is 0 Å². The number of nitrogens with zero attached hydrogens (tertiary/aromatic N) is 1. The van der Waals surface area contributed by atoms with E-state index >= 15 is 0 Å². The Kier molecular flexibility index (Phi) is 6.22. The van der Waals surface area contributed by atoms with E-state index < -0.39 is 23.4 Å². The molecular weight excluding hydrogens is 362 g/mol. The second kappa shape index (κ2) is 7.34. The van der Waals surface area contributed by atoms with Crippen LogP contribution in [0.5, 0.6) is 0 Å². The Bertz CT molecular complexity index is 545. The largest absolute Gasteiger partial charge is 0.443 e. The second-order valence-electron chi connectivity index (χ2n) is 7.10. The Morgan fingerprint density at radius 1 is 1.00 bits per heavy atom. The molecule has 0 heterocycles. The van der Waals surface area contributed by atoms with Crippen LogP contribution in [0.15, 0.2) is 24.3 Å². The van der Waals surface area contributed by atoms with Crippen molar-refractivity contribution in [3.05, 3.63) is 29.8 Å². The molecule has 0 aliphatic heterocycles. The van der Waals surface area contributed by atoms with E-state index in [2.05, 4.69) is 15.9 Å². The van der Waals surface area contributed by atoms with Crippen LogP contribution in [-0.4, -0.2) is 23.4 Å². The first-order valence-corrected chi connectivity index (χ1v) is 8.46. The summed E-state index contributed by atoms with van der Waals surface area (Å²) in [5.41, 5.74) is -0.0977. The number of imide groups is 1. The van der Waals surface area contributed by atoms with Crippen molar-refractivity contribution in [2.75, 3.05) is 4.90 Å². The number of rotatable bonds is 2. The molecule has 0 aliphatic carbocycles. The summed E-state index contributed by atoms with van der Waals surface area (Å²) in [6.07, 6.45) is -1.53. The van der Waals surface area contributed by atoms with E-state index in [1.54, 1.807) is 59.7 Å². The van der Waals surface area contributed by atoms with E-state index in [1.807, 2.05) is 6.07 Å². The molecule has 0 saturated heterocycles. The smallest absolute Gasteiger partial charge is 0.424 e. The lowest BCUT2D eigenvalue weighted by Gasteiger charge is -2.28. The maximum atomic E-state index is 12.5. The molecule has 1 aromatic rings. The van der Waals surface area contributed by atoms with Gasteiger partial charge in [-0.2, -0.15) is 4.90 Å². The molecular formula is C17H24BrNO4. The van der Waals surface area contributed by atoms with Gasteiger partial charge in [0, 0.05) is 5.33 Å². The molecule has 1 aromatic carbocycles. The predicted molar refractivity (Wildman–Crippen MR) is 94.0 cm³/mol. The topological polar surface area (TPSA) is 55.8 Å². The molecule has 0 saturated carbocycles. The standard InChI is InChI=1S/C17H24BrNO4/c1-16(2,3)22-14(20)19(15(21)23-17(4,5)6)13-9-7-8-12(10-13)11-18/h7-10H,11H2,1-6H3. The van der Waals surface area contributed by atoms with Crippen LogP contribution in [0.3, 0.4) is 0 Å². The number of hydrogen-bond donors (Lipinski definition) is 0. The number of carbonyl (C=O) groups is 2. The van der Waals surface area contributed by atoms with Crippen molar-refractivity contribution in [1.82, 2.24) is 0 Å². The normalized spacial score (nSPS) is 11.8. The lowest BCUT2D eigenvalue weighted by molar-refractivity contribution is 0.0431. The van der Waals surface area contributed by atoms with Crippen LogP contribution in [0, 0.1) is 0 Å². The van der Waals surface area contributed by atoms with E-state index in [4.69, 9.17) is 9.47 Å². The van der Waals surface area contributed by atoms with Crippen molar-refractivity contribution in [1.29, 1.82) is 0 Å². The van der Waals surface area contributed by atoms with E-state index in [-0.39, 0.29) is 0 Å². The lowest BCUT2D eigenvalue weighted by atomic mass is 10.2. The Morgan fingerprint density at radius 3 is 1.87 bits per heavy atom. The minimum absolute atomic E-state index is 0.408. The van der Waals surface area contributed by atoms with Gasteiger partial charge in [-0.15, -0.1) is 0 Å². The minimum atomic E-state index is -0.765. The lowest BCUT2D eigenvalue weighted by Crippen LogP contribution is -2.43. The number of hydrogen-bond acceptors (Lipinski definition) is 4. The Hall–Kier alpha value is -1.56. The molecule has 6 heteroatoms. The third-order valence-corrected chi connectivity index (χ3v) is 3.12. The Morgan fingerprint density at radius 2 is 1.48 bits per heavy atom. The van der Waals surface area contributed by atoms with Crippen molar-refractivity contribution in [3.63, 3.8) is 0 Å². The summed E-state index contributed by atoms with van der Waals surface area (Å²) >= 11 is 3.36. The van der Waals surface area contributed by atoms with Crippen LogP contribution >= 0.6 is 15.9 Å². The quantitative estimate of drug-likeness (QED) is 0.651. The zero-order chi connectivity index (χ0) is 17.8. The second-order valence-corrected chi connectivity index (χ2v) is 7.66. The van der Waals surface area contributed by atoms with Gasteiger partial charge < -0.3 is 9.47 Å². The zero-order valence-corrected chi connectivity index (χ0v) is 16.1. The van der Waals surface area contributed by atoms with Crippen LogP contribution in [0.1, 0.15) is 47.1 Å². The van der Waals surface area contributed by atoms with Gasteiger partial charge in [0.1, 0.15) is 11.2 Å². The molecule has 128 valence electrons.